The van der Waals surface area contributed by atoms with E-state index in [-0.39, 0.29) is 27.3 Å². The number of nitrogen functional groups attached to an aromatic ring is 1. The number of anilines is 1. The monoisotopic (exact) mass is 321 g/mol. The van der Waals surface area contributed by atoms with Crippen LogP contribution in [0.5, 0.6) is 5.75 Å². The molecule has 1 aromatic heterocycles. The molecule has 18 heavy (non-hydrogen) atoms. The lowest BCUT2D eigenvalue weighted by molar-refractivity contribution is -0.137. The molecular formula is C10H7BrF3N3O. The Morgan fingerprint density at radius 2 is 1.94 bits per heavy atom. The van der Waals surface area contributed by atoms with E-state index in [1.807, 2.05) is 0 Å². The Morgan fingerprint density at radius 1 is 1.28 bits per heavy atom. The van der Waals surface area contributed by atoms with Crippen LogP contribution in [0, 0.1) is 0 Å². The molecule has 0 saturated heterocycles. The van der Waals surface area contributed by atoms with Gasteiger partial charge in [-0.15, -0.1) is 0 Å². The van der Waals surface area contributed by atoms with Crippen LogP contribution in [0.3, 0.4) is 0 Å². The Morgan fingerprint density at radius 3 is 2.44 bits per heavy atom. The van der Waals surface area contributed by atoms with E-state index >= 15 is 0 Å². The minimum Gasteiger partial charge on any atom is -0.506 e. The molecule has 0 fully saturated rings. The van der Waals surface area contributed by atoms with Crippen LogP contribution in [0.15, 0.2) is 22.7 Å². The number of phenolic OH excluding ortho intramolecular Hbond substituents is 1. The van der Waals surface area contributed by atoms with Crippen molar-refractivity contribution >= 4 is 21.7 Å². The summed E-state index contributed by atoms with van der Waals surface area (Å²) < 4.78 is 37.9. The zero-order valence-corrected chi connectivity index (χ0v) is 10.3. The summed E-state index contributed by atoms with van der Waals surface area (Å²) in [5.41, 5.74) is 4.67. The standard InChI is InChI=1S/C10H7BrF3N3O/c11-6-2-4(10(12,13)14)1-5(9(6)18)7-3-8(15)17-16-7/h1-3,18H,(H3,15,16,17). The first-order valence-corrected chi connectivity index (χ1v) is 5.49. The predicted octanol–water partition coefficient (Wildman–Crippen LogP) is 3.15. The van der Waals surface area contributed by atoms with Crippen molar-refractivity contribution in [2.75, 3.05) is 5.73 Å². The van der Waals surface area contributed by atoms with Crippen LogP contribution < -0.4 is 5.73 Å². The molecule has 0 unspecified atom stereocenters. The van der Waals surface area contributed by atoms with Crippen molar-refractivity contribution in [2.45, 2.75) is 6.18 Å². The van der Waals surface area contributed by atoms with E-state index in [4.69, 9.17) is 5.73 Å². The summed E-state index contributed by atoms with van der Waals surface area (Å²) in [7, 11) is 0. The van der Waals surface area contributed by atoms with Crippen molar-refractivity contribution in [2.24, 2.45) is 0 Å². The van der Waals surface area contributed by atoms with E-state index in [1.54, 1.807) is 0 Å². The molecule has 0 saturated carbocycles. The van der Waals surface area contributed by atoms with Crippen LogP contribution in [-0.2, 0) is 6.18 Å². The number of alkyl halides is 3. The van der Waals surface area contributed by atoms with Gasteiger partial charge in [0, 0.05) is 11.6 Å². The fourth-order valence-electron chi connectivity index (χ4n) is 1.44. The number of rotatable bonds is 1. The van der Waals surface area contributed by atoms with Gasteiger partial charge in [-0.1, -0.05) is 0 Å². The zero-order valence-electron chi connectivity index (χ0n) is 8.72. The fraction of sp³-hybridized carbons (Fsp3) is 0.100. The van der Waals surface area contributed by atoms with E-state index in [0.29, 0.717) is 0 Å². The second kappa shape index (κ2) is 4.20. The average Bonchev–Trinajstić information content (AvgIpc) is 2.67. The molecular weight excluding hydrogens is 315 g/mol. The summed E-state index contributed by atoms with van der Waals surface area (Å²) in [5.74, 6) is -0.190. The minimum atomic E-state index is -4.50. The number of aromatic hydroxyl groups is 1. The van der Waals surface area contributed by atoms with E-state index in [0.717, 1.165) is 12.1 Å². The third-order valence-corrected chi connectivity index (χ3v) is 2.88. The van der Waals surface area contributed by atoms with Gasteiger partial charge in [0.15, 0.2) is 0 Å². The molecule has 0 amide bonds. The quantitative estimate of drug-likeness (QED) is 0.755. The van der Waals surface area contributed by atoms with E-state index < -0.39 is 11.7 Å². The number of aromatic amines is 1. The van der Waals surface area contributed by atoms with Crippen LogP contribution in [-0.4, -0.2) is 15.3 Å². The van der Waals surface area contributed by atoms with Gasteiger partial charge < -0.3 is 10.8 Å². The summed E-state index contributed by atoms with van der Waals surface area (Å²) in [5, 5.41) is 15.8. The molecule has 4 N–H and O–H groups in total. The van der Waals surface area contributed by atoms with Gasteiger partial charge in [0.1, 0.15) is 11.6 Å². The molecule has 0 aliphatic carbocycles. The van der Waals surface area contributed by atoms with Crippen LogP contribution in [0.25, 0.3) is 11.3 Å². The van der Waals surface area contributed by atoms with Crippen molar-refractivity contribution in [1.29, 1.82) is 0 Å². The predicted molar refractivity (Wildman–Crippen MR) is 62.8 cm³/mol. The summed E-state index contributed by atoms with van der Waals surface area (Å²) in [4.78, 5) is 0. The van der Waals surface area contributed by atoms with E-state index in [1.165, 1.54) is 6.07 Å². The minimum absolute atomic E-state index is 0.0269. The molecule has 0 aliphatic rings. The van der Waals surface area contributed by atoms with Gasteiger partial charge in [-0.2, -0.15) is 18.3 Å². The summed E-state index contributed by atoms with van der Waals surface area (Å²) in [6.07, 6.45) is -4.50. The first-order valence-electron chi connectivity index (χ1n) is 4.70. The molecule has 4 nitrogen and oxygen atoms in total. The number of halogens is 4. The number of hydrogen-bond acceptors (Lipinski definition) is 3. The van der Waals surface area contributed by atoms with Gasteiger partial charge >= 0.3 is 6.18 Å². The molecule has 0 bridgehead atoms. The number of aromatic nitrogens is 2. The van der Waals surface area contributed by atoms with Gasteiger partial charge in [-0.25, -0.2) is 0 Å². The van der Waals surface area contributed by atoms with Crippen LogP contribution in [0.4, 0.5) is 19.0 Å². The molecule has 96 valence electrons. The van der Waals surface area contributed by atoms with E-state index in [2.05, 4.69) is 26.1 Å². The topological polar surface area (TPSA) is 74.9 Å². The highest BCUT2D eigenvalue weighted by Gasteiger charge is 2.32. The molecule has 0 aliphatic heterocycles. The Labute approximate surface area is 108 Å². The molecule has 0 radical (unpaired) electrons. The Hall–Kier alpha value is -1.70. The maximum atomic E-state index is 12.6. The largest absolute Gasteiger partial charge is 0.506 e. The first-order chi connectivity index (χ1) is 8.29. The number of H-pyrrole nitrogens is 1. The highest BCUT2D eigenvalue weighted by atomic mass is 79.9. The lowest BCUT2D eigenvalue weighted by Gasteiger charge is -2.11. The Kier molecular flexibility index (Phi) is 2.97. The Balaban J connectivity index is 2.63. The molecule has 0 spiro atoms. The third-order valence-electron chi connectivity index (χ3n) is 2.28. The zero-order chi connectivity index (χ0) is 13.5. The smallest absolute Gasteiger partial charge is 0.416 e. The van der Waals surface area contributed by atoms with Crippen LogP contribution in [0.2, 0.25) is 0 Å². The lowest BCUT2D eigenvalue weighted by atomic mass is 10.1. The number of nitrogens with two attached hydrogens (primary N) is 1. The number of nitrogens with one attached hydrogen (secondary N) is 1. The van der Waals surface area contributed by atoms with Crippen molar-refractivity contribution < 1.29 is 18.3 Å². The molecule has 0 atom stereocenters. The summed E-state index contributed by atoms with van der Waals surface area (Å²) >= 11 is 2.88. The second-order valence-electron chi connectivity index (χ2n) is 3.56. The number of benzene rings is 1. The Bertz CT molecular complexity index is 595. The summed E-state index contributed by atoms with van der Waals surface area (Å²) in [6, 6.07) is 2.97. The SMILES string of the molecule is Nc1cc(-c2cc(C(F)(F)F)cc(Br)c2O)[nH]n1. The van der Waals surface area contributed by atoms with Crippen molar-refractivity contribution in [1.82, 2.24) is 10.2 Å². The first kappa shape index (κ1) is 12.7. The van der Waals surface area contributed by atoms with Crippen molar-refractivity contribution in [3.8, 4) is 17.0 Å². The summed E-state index contributed by atoms with van der Waals surface area (Å²) in [6.45, 7) is 0. The molecule has 1 aromatic carbocycles. The second-order valence-corrected chi connectivity index (χ2v) is 4.41. The van der Waals surface area contributed by atoms with Crippen molar-refractivity contribution in [3.63, 3.8) is 0 Å². The number of hydrogen-bond donors (Lipinski definition) is 3. The number of nitrogens with zero attached hydrogens (tertiary/aromatic N) is 1. The van der Waals surface area contributed by atoms with Gasteiger partial charge in [0.05, 0.1) is 15.7 Å². The highest BCUT2D eigenvalue weighted by Crippen LogP contribution is 2.41. The maximum absolute atomic E-state index is 12.6. The fourth-order valence-corrected chi connectivity index (χ4v) is 1.90. The van der Waals surface area contributed by atoms with E-state index in [9.17, 15) is 18.3 Å². The normalized spacial score (nSPS) is 11.8. The van der Waals surface area contributed by atoms with Gasteiger partial charge in [0.25, 0.3) is 0 Å². The van der Waals surface area contributed by atoms with Gasteiger partial charge in [-0.3, -0.25) is 5.10 Å². The third kappa shape index (κ3) is 2.28. The van der Waals surface area contributed by atoms with Crippen LogP contribution in [0.1, 0.15) is 5.56 Å². The van der Waals surface area contributed by atoms with Crippen LogP contribution >= 0.6 is 15.9 Å². The molecule has 1 heterocycles. The average molecular weight is 322 g/mol. The number of phenols is 1. The maximum Gasteiger partial charge on any atom is 0.416 e. The molecule has 2 aromatic rings. The molecule has 8 heteroatoms. The van der Waals surface area contributed by atoms with Crippen molar-refractivity contribution in [3.05, 3.63) is 28.2 Å². The highest BCUT2D eigenvalue weighted by molar-refractivity contribution is 9.10. The lowest BCUT2D eigenvalue weighted by Crippen LogP contribution is -2.05. The van der Waals surface area contributed by atoms with Gasteiger partial charge in [-0.05, 0) is 28.1 Å². The molecule has 2 rings (SSSR count). The van der Waals surface area contributed by atoms with Gasteiger partial charge in [0.2, 0.25) is 0 Å².